The highest BCUT2D eigenvalue weighted by Gasteiger charge is 2.16. The minimum atomic E-state index is -0.172. The van der Waals surface area contributed by atoms with Crippen LogP contribution in [0.15, 0.2) is 59.7 Å². The monoisotopic (exact) mass is 441 g/mol. The van der Waals surface area contributed by atoms with Crippen LogP contribution >= 0.6 is 11.8 Å². The lowest BCUT2D eigenvalue weighted by atomic mass is 10.2. The number of carbonyl (C=O) groups is 2. The molecular weight excluding hydrogens is 414 g/mol. The lowest BCUT2D eigenvalue weighted by Gasteiger charge is -2.11. The van der Waals surface area contributed by atoms with E-state index in [1.54, 1.807) is 30.5 Å². The first-order valence-electron chi connectivity index (χ1n) is 10.2. The Labute approximate surface area is 186 Å². The molecule has 0 unspecified atom stereocenters. The maximum atomic E-state index is 11.9. The molecule has 2 amide bonds. The number of hydrazone groups is 1. The molecule has 8 heteroatoms. The second kappa shape index (κ2) is 12.8. The zero-order chi connectivity index (χ0) is 21.7. The van der Waals surface area contributed by atoms with Crippen molar-refractivity contribution in [3.63, 3.8) is 0 Å². The van der Waals surface area contributed by atoms with Gasteiger partial charge in [0.2, 0.25) is 5.91 Å². The van der Waals surface area contributed by atoms with Gasteiger partial charge in [-0.05, 0) is 48.2 Å². The van der Waals surface area contributed by atoms with Gasteiger partial charge in [0.05, 0.1) is 18.1 Å². The summed E-state index contributed by atoms with van der Waals surface area (Å²) < 4.78 is 11.0. The average molecular weight is 442 g/mol. The van der Waals surface area contributed by atoms with Gasteiger partial charge in [-0.3, -0.25) is 9.59 Å². The standard InChI is InChI=1S/C23H27N3O4S/c27-22(24-14-21-7-4-12-29-21)15-30-20-10-8-18(9-11-20)13-25-26-23(28)17-31-16-19-5-2-1-3-6-19/h1-3,5-6,8-11,13,21H,4,7,12,14-17H2,(H,24,27)(H,26,28)/t21-/m0/s1. The van der Waals surface area contributed by atoms with Crippen LogP contribution in [0.4, 0.5) is 0 Å². The molecule has 31 heavy (non-hydrogen) atoms. The number of ether oxygens (including phenoxy) is 2. The summed E-state index contributed by atoms with van der Waals surface area (Å²) in [6.45, 7) is 1.24. The quantitative estimate of drug-likeness (QED) is 0.414. The maximum Gasteiger partial charge on any atom is 0.258 e. The summed E-state index contributed by atoms with van der Waals surface area (Å²) in [5, 5.41) is 6.79. The summed E-state index contributed by atoms with van der Waals surface area (Å²) in [5.41, 5.74) is 4.52. The number of hydrogen-bond donors (Lipinski definition) is 2. The number of nitrogens with zero attached hydrogens (tertiary/aromatic N) is 1. The third-order valence-electron chi connectivity index (χ3n) is 4.55. The minimum Gasteiger partial charge on any atom is -0.484 e. The van der Waals surface area contributed by atoms with E-state index < -0.39 is 0 Å². The summed E-state index contributed by atoms with van der Waals surface area (Å²) >= 11 is 1.54. The van der Waals surface area contributed by atoms with Crippen LogP contribution in [0.2, 0.25) is 0 Å². The Morgan fingerprint density at radius 2 is 1.94 bits per heavy atom. The first kappa shape index (κ1) is 22.8. The zero-order valence-corrected chi connectivity index (χ0v) is 18.1. The summed E-state index contributed by atoms with van der Waals surface area (Å²) in [7, 11) is 0. The Balaban J connectivity index is 1.30. The number of amides is 2. The Bertz CT molecular complexity index is 853. The van der Waals surface area contributed by atoms with Crippen molar-refractivity contribution in [3.8, 4) is 5.75 Å². The molecule has 1 aliphatic rings. The molecule has 1 heterocycles. The first-order valence-corrected chi connectivity index (χ1v) is 11.4. The van der Waals surface area contributed by atoms with Crippen molar-refractivity contribution in [1.82, 2.24) is 10.7 Å². The van der Waals surface area contributed by atoms with Crippen LogP contribution in [0.3, 0.4) is 0 Å². The number of rotatable bonds is 11. The lowest BCUT2D eigenvalue weighted by Crippen LogP contribution is -2.35. The summed E-state index contributed by atoms with van der Waals surface area (Å²) in [6.07, 6.45) is 3.71. The van der Waals surface area contributed by atoms with Gasteiger partial charge in [0, 0.05) is 18.9 Å². The molecule has 0 spiro atoms. The highest BCUT2D eigenvalue weighted by atomic mass is 32.2. The van der Waals surface area contributed by atoms with Gasteiger partial charge in [-0.25, -0.2) is 5.43 Å². The van der Waals surface area contributed by atoms with Crippen molar-refractivity contribution in [3.05, 3.63) is 65.7 Å². The van der Waals surface area contributed by atoms with Crippen LogP contribution in [0.1, 0.15) is 24.0 Å². The van der Waals surface area contributed by atoms with E-state index >= 15 is 0 Å². The predicted octanol–water partition coefficient (Wildman–Crippen LogP) is 2.74. The fourth-order valence-corrected chi connectivity index (χ4v) is 3.71. The van der Waals surface area contributed by atoms with E-state index in [0.29, 0.717) is 18.0 Å². The first-order chi connectivity index (χ1) is 15.2. The number of benzene rings is 2. The summed E-state index contributed by atoms with van der Waals surface area (Å²) in [5.74, 6) is 1.39. The number of carbonyl (C=O) groups excluding carboxylic acids is 2. The second-order valence-corrected chi connectivity index (χ2v) is 8.05. The van der Waals surface area contributed by atoms with E-state index in [0.717, 1.165) is 30.8 Å². The molecule has 3 rings (SSSR count). The van der Waals surface area contributed by atoms with Gasteiger partial charge in [-0.2, -0.15) is 5.10 Å². The molecule has 1 atom stereocenters. The smallest absolute Gasteiger partial charge is 0.258 e. The summed E-state index contributed by atoms with van der Waals surface area (Å²) in [4.78, 5) is 23.7. The highest BCUT2D eigenvalue weighted by Crippen LogP contribution is 2.13. The molecule has 0 radical (unpaired) electrons. The Kier molecular flexibility index (Phi) is 9.40. The van der Waals surface area contributed by atoms with Crippen LogP contribution < -0.4 is 15.5 Å². The number of thioether (sulfide) groups is 1. The molecule has 164 valence electrons. The molecule has 1 aliphatic heterocycles. The maximum absolute atomic E-state index is 11.9. The molecule has 2 aromatic rings. The van der Waals surface area contributed by atoms with E-state index in [2.05, 4.69) is 15.8 Å². The van der Waals surface area contributed by atoms with E-state index in [1.165, 1.54) is 17.3 Å². The third-order valence-corrected chi connectivity index (χ3v) is 5.55. The lowest BCUT2D eigenvalue weighted by molar-refractivity contribution is -0.123. The fraction of sp³-hybridized carbons (Fsp3) is 0.348. The minimum absolute atomic E-state index is 0.0448. The van der Waals surface area contributed by atoms with Crippen molar-refractivity contribution >= 4 is 29.8 Å². The topological polar surface area (TPSA) is 89.0 Å². The largest absolute Gasteiger partial charge is 0.484 e. The molecule has 7 nitrogen and oxygen atoms in total. The molecule has 0 saturated carbocycles. The van der Waals surface area contributed by atoms with Crippen LogP contribution in [0.5, 0.6) is 5.75 Å². The van der Waals surface area contributed by atoms with Crippen LogP contribution in [0.25, 0.3) is 0 Å². The van der Waals surface area contributed by atoms with E-state index in [4.69, 9.17) is 9.47 Å². The Morgan fingerprint density at radius 1 is 1.13 bits per heavy atom. The van der Waals surface area contributed by atoms with Gasteiger partial charge in [-0.1, -0.05) is 30.3 Å². The van der Waals surface area contributed by atoms with Gasteiger partial charge in [0.15, 0.2) is 6.61 Å². The SMILES string of the molecule is O=C(COc1ccc(C=NNC(=O)CSCc2ccccc2)cc1)NC[C@@H]1CCCO1. The van der Waals surface area contributed by atoms with E-state index in [-0.39, 0.29) is 24.5 Å². The van der Waals surface area contributed by atoms with Crippen molar-refractivity contribution in [2.24, 2.45) is 5.10 Å². The molecule has 0 aromatic heterocycles. The fourth-order valence-electron chi connectivity index (χ4n) is 2.93. The van der Waals surface area contributed by atoms with E-state index in [9.17, 15) is 9.59 Å². The zero-order valence-electron chi connectivity index (χ0n) is 17.3. The van der Waals surface area contributed by atoms with Gasteiger partial charge in [0.1, 0.15) is 5.75 Å². The highest BCUT2D eigenvalue weighted by molar-refractivity contribution is 7.99. The van der Waals surface area contributed by atoms with Crippen molar-refractivity contribution in [1.29, 1.82) is 0 Å². The van der Waals surface area contributed by atoms with E-state index in [1.807, 2.05) is 30.3 Å². The third kappa shape index (κ3) is 8.82. The second-order valence-electron chi connectivity index (χ2n) is 7.07. The molecular formula is C23H27N3O4S. The molecule has 2 aromatic carbocycles. The number of hydrogen-bond acceptors (Lipinski definition) is 6. The van der Waals surface area contributed by atoms with Crippen molar-refractivity contribution in [2.75, 3.05) is 25.5 Å². The molecule has 2 N–H and O–H groups in total. The Morgan fingerprint density at radius 3 is 2.68 bits per heavy atom. The van der Waals surface area contributed by atoms with Crippen LogP contribution in [0, 0.1) is 0 Å². The van der Waals surface area contributed by atoms with Crippen molar-refractivity contribution < 1.29 is 19.1 Å². The summed E-state index contributed by atoms with van der Waals surface area (Å²) in [6, 6.07) is 17.1. The number of nitrogens with one attached hydrogen (secondary N) is 2. The van der Waals surface area contributed by atoms with Gasteiger partial charge >= 0.3 is 0 Å². The average Bonchev–Trinajstić information content (AvgIpc) is 3.32. The predicted molar refractivity (Wildman–Crippen MR) is 122 cm³/mol. The van der Waals surface area contributed by atoms with Gasteiger partial charge in [-0.15, -0.1) is 11.8 Å². The van der Waals surface area contributed by atoms with Gasteiger partial charge in [0.25, 0.3) is 5.91 Å². The van der Waals surface area contributed by atoms with Crippen molar-refractivity contribution in [2.45, 2.75) is 24.7 Å². The van der Waals surface area contributed by atoms with Crippen LogP contribution in [-0.2, 0) is 20.1 Å². The molecule has 1 fully saturated rings. The molecule has 1 saturated heterocycles. The Hall–Kier alpha value is -2.84. The molecule has 0 bridgehead atoms. The molecule has 0 aliphatic carbocycles. The normalized spacial score (nSPS) is 15.7. The van der Waals surface area contributed by atoms with Crippen LogP contribution in [-0.4, -0.2) is 49.6 Å². The van der Waals surface area contributed by atoms with Gasteiger partial charge < -0.3 is 14.8 Å².